The van der Waals surface area contributed by atoms with Crippen molar-refractivity contribution in [3.05, 3.63) is 134 Å². The number of nitrogens with zero attached hydrogens (tertiary/aromatic N) is 1. The highest BCUT2D eigenvalue weighted by Gasteiger charge is 2.24. The molecule has 5 heteroatoms. The van der Waals surface area contributed by atoms with E-state index in [4.69, 9.17) is 0 Å². The molecule has 0 atom stereocenters. The van der Waals surface area contributed by atoms with Crippen LogP contribution < -0.4 is 11.2 Å². The Bertz CT molecular complexity index is 1170. The lowest BCUT2D eigenvalue weighted by Crippen LogP contribution is -2.35. The van der Waals surface area contributed by atoms with E-state index in [1.54, 1.807) is 0 Å². The zero-order valence-electron chi connectivity index (χ0n) is 15.7. The SMILES string of the molecule is O=c1[nH]c(=O)n(C(c2ccccc2)c2ccccc2)c(O)c1Cc1ccccc1. The van der Waals surface area contributed by atoms with E-state index in [0.717, 1.165) is 16.7 Å². The number of hydrogen-bond acceptors (Lipinski definition) is 3. The van der Waals surface area contributed by atoms with Gasteiger partial charge in [-0.15, -0.1) is 0 Å². The van der Waals surface area contributed by atoms with Crippen LogP contribution >= 0.6 is 0 Å². The summed E-state index contributed by atoms with van der Waals surface area (Å²) in [7, 11) is 0. The van der Waals surface area contributed by atoms with Gasteiger partial charge in [-0.2, -0.15) is 0 Å². The summed E-state index contributed by atoms with van der Waals surface area (Å²) in [4.78, 5) is 27.7. The van der Waals surface area contributed by atoms with Gasteiger partial charge in [-0.1, -0.05) is 91.0 Å². The number of nitrogens with one attached hydrogen (secondary N) is 1. The molecule has 0 spiro atoms. The number of hydrogen-bond donors (Lipinski definition) is 2. The van der Waals surface area contributed by atoms with E-state index >= 15 is 0 Å². The molecule has 0 fully saturated rings. The van der Waals surface area contributed by atoms with Crippen molar-refractivity contribution in [2.24, 2.45) is 0 Å². The molecule has 1 heterocycles. The lowest BCUT2D eigenvalue weighted by molar-refractivity contribution is 0.389. The standard InChI is InChI=1S/C24H20N2O3/c27-22-20(16-17-10-4-1-5-11-17)23(28)26(24(29)25-22)21(18-12-6-2-7-13-18)19-14-8-3-9-15-19/h1-15,21,28H,16H2,(H,25,27,29). The van der Waals surface area contributed by atoms with Crippen molar-refractivity contribution < 1.29 is 5.11 Å². The van der Waals surface area contributed by atoms with Crippen LogP contribution in [0, 0.1) is 0 Å². The highest BCUT2D eigenvalue weighted by molar-refractivity contribution is 5.37. The van der Waals surface area contributed by atoms with Gasteiger partial charge < -0.3 is 5.11 Å². The zero-order chi connectivity index (χ0) is 20.2. The van der Waals surface area contributed by atoms with Gasteiger partial charge in [0.05, 0.1) is 11.6 Å². The van der Waals surface area contributed by atoms with Gasteiger partial charge in [0.1, 0.15) is 0 Å². The molecule has 0 aliphatic rings. The van der Waals surface area contributed by atoms with Gasteiger partial charge >= 0.3 is 5.69 Å². The summed E-state index contributed by atoms with van der Waals surface area (Å²) in [6, 6.07) is 27.7. The van der Waals surface area contributed by atoms with Gasteiger partial charge in [0.15, 0.2) is 0 Å². The average Bonchev–Trinajstić information content (AvgIpc) is 2.76. The molecule has 0 unspecified atom stereocenters. The Labute approximate surface area is 167 Å². The number of aromatic nitrogens is 2. The maximum absolute atomic E-state index is 12.8. The van der Waals surface area contributed by atoms with E-state index in [-0.39, 0.29) is 17.9 Å². The summed E-state index contributed by atoms with van der Waals surface area (Å²) in [5.74, 6) is -0.319. The highest BCUT2D eigenvalue weighted by Crippen LogP contribution is 2.29. The Balaban J connectivity index is 1.93. The second kappa shape index (κ2) is 8.02. The van der Waals surface area contributed by atoms with Gasteiger partial charge in [0.25, 0.3) is 5.56 Å². The molecule has 0 saturated heterocycles. The number of H-pyrrole nitrogens is 1. The third-order valence-corrected chi connectivity index (χ3v) is 4.92. The first-order chi connectivity index (χ1) is 14.1. The second-order valence-electron chi connectivity index (χ2n) is 6.82. The first kappa shape index (κ1) is 18.5. The first-order valence-electron chi connectivity index (χ1n) is 9.35. The van der Waals surface area contributed by atoms with E-state index < -0.39 is 17.3 Å². The average molecular weight is 384 g/mol. The fourth-order valence-corrected chi connectivity index (χ4v) is 3.54. The van der Waals surface area contributed by atoms with Crippen molar-refractivity contribution in [3.8, 4) is 5.88 Å². The van der Waals surface area contributed by atoms with Gasteiger partial charge in [-0.05, 0) is 16.7 Å². The molecule has 29 heavy (non-hydrogen) atoms. The van der Waals surface area contributed by atoms with E-state index in [2.05, 4.69) is 4.98 Å². The van der Waals surface area contributed by atoms with Crippen molar-refractivity contribution in [2.45, 2.75) is 12.5 Å². The van der Waals surface area contributed by atoms with Gasteiger partial charge in [0.2, 0.25) is 5.88 Å². The molecule has 1 aromatic heterocycles. The van der Waals surface area contributed by atoms with E-state index in [9.17, 15) is 14.7 Å². The fraction of sp³-hybridized carbons (Fsp3) is 0.0833. The van der Waals surface area contributed by atoms with Crippen LogP contribution in [0.15, 0.2) is 101 Å². The fourth-order valence-electron chi connectivity index (χ4n) is 3.54. The minimum Gasteiger partial charge on any atom is -0.494 e. The second-order valence-corrected chi connectivity index (χ2v) is 6.82. The molecule has 4 rings (SSSR count). The van der Waals surface area contributed by atoms with Crippen LogP contribution in [0.25, 0.3) is 0 Å². The summed E-state index contributed by atoms with van der Waals surface area (Å²) >= 11 is 0. The molecule has 0 saturated carbocycles. The molecule has 0 aliphatic carbocycles. The number of benzene rings is 3. The minimum absolute atomic E-state index is 0.160. The molecule has 0 radical (unpaired) electrons. The predicted molar refractivity (Wildman–Crippen MR) is 112 cm³/mol. The Kier molecular flexibility index (Phi) is 5.12. The molecule has 3 aromatic carbocycles. The normalized spacial score (nSPS) is 10.9. The summed E-state index contributed by atoms with van der Waals surface area (Å²) in [5, 5.41) is 11.0. The molecule has 2 N–H and O–H groups in total. The lowest BCUT2D eigenvalue weighted by atomic mass is 9.98. The Hall–Kier alpha value is -3.86. The first-order valence-corrected chi connectivity index (χ1v) is 9.35. The molecule has 0 amide bonds. The summed E-state index contributed by atoms with van der Waals surface area (Å²) in [5.41, 5.74) is 1.46. The maximum atomic E-state index is 12.8. The molecule has 0 aliphatic heterocycles. The Morgan fingerprint density at radius 1 is 0.759 bits per heavy atom. The van der Waals surface area contributed by atoms with Crippen molar-refractivity contribution in [1.82, 2.24) is 9.55 Å². The van der Waals surface area contributed by atoms with Gasteiger partial charge in [0, 0.05) is 6.42 Å². The summed E-state index contributed by atoms with van der Waals surface area (Å²) < 4.78 is 1.25. The zero-order valence-corrected chi connectivity index (χ0v) is 15.7. The Morgan fingerprint density at radius 3 is 1.76 bits per heavy atom. The summed E-state index contributed by atoms with van der Waals surface area (Å²) in [6.45, 7) is 0. The monoisotopic (exact) mass is 384 g/mol. The summed E-state index contributed by atoms with van der Waals surface area (Å²) in [6.07, 6.45) is 0.221. The van der Waals surface area contributed by atoms with Crippen LogP contribution in [0.1, 0.15) is 28.3 Å². The largest absolute Gasteiger partial charge is 0.494 e. The quantitative estimate of drug-likeness (QED) is 0.553. The Morgan fingerprint density at radius 2 is 1.24 bits per heavy atom. The minimum atomic E-state index is -0.651. The van der Waals surface area contributed by atoms with Crippen molar-refractivity contribution >= 4 is 0 Å². The molecular weight excluding hydrogens is 364 g/mol. The smallest absolute Gasteiger partial charge is 0.332 e. The third-order valence-electron chi connectivity index (χ3n) is 4.92. The third kappa shape index (κ3) is 3.75. The maximum Gasteiger partial charge on any atom is 0.332 e. The molecule has 4 aromatic rings. The van der Waals surface area contributed by atoms with Crippen LogP contribution in [0.4, 0.5) is 0 Å². The van der Waals surface area contributed by atoms with Crippen LogP contribution in [-0.2, 0) is 6.42 Å². The molecular formula is C24H20N2O3. The highest BCUT2D eigenvalue weighted by atomic mass is 16.3. The van der Waals surface area contributed by atoms with Crippen molar-refractivity contribution in [2.75, 3.05) is 0 Å². The van der Waals surface area contributed by atoms with E-state index in [0.29, 0.717) is 0 Å². The molecule has 144 valence electrons. The lowest BCUT2D eigenvalue weighted by Gasteiger charge is -2.23. The number of rotatable bonds is 5. The van der Waals surface area contributed by atoms with E-state index in [1.807, 2.05) is 91.0 Å². The number of aromatic amines is 1. The molecule has 5 nitrogen and oxygen atoms in total. The van der Waals surface area contributed by atoms with Crippen LogP contribution in [0.3, 0.4) is 0 Å². The van der Waals surface area contributed by atoms with Crippen molar-refractivity contribution in [1.29, 1.82) is 0 Å². The topological polar surface area (TPSA) is 75.1 Å². The van der Waals surface area contributed by atoms with E-state index in [1.165, 1.54) is 4.57 Å². The molecule has 0 bridgehead atoms. The van der Waals surface area contributed by atoms with Gasteiger partial charge in [-0.3, -0.25) is 14.3 Å². The van der Waals surface area contributed by atoms with Crippen LogP contribution in [-0.4, -0.2) is 14.7 Å². The van der Waals surface area contributed by atoms with Gasteiger partial charge in [-0.25, -0.2) is 4.79 Å². The predicted octanol–water partition coefficient (Wildman–Crippen LogP) is 3.47. The van der Waals surface area contributed by atoms with Crippen molar-refractivity contribution in [3.63, 3.8) is 0 Å². The van der Waals surface area contributed by atoms with Crippen LogP contribution in [0.2, 0.25) is 0 Å². The van der Waals surface area contributed by atoms with Crippen LogP contribution in [0.5, 0.6) is 5.88 Å². The number of aromatic hydroxyl groups is 1.